The third kappa shape index (κ3) is 1.72. The van der Waals surface area contributed by atoms with Gasteiger partial charge in [0.1, 0.15) is 5.75 Å². The lowest BCUT2D eigenvalue weighted by Gasteiger charge is -2.03. The second kappa shape index (κ2) is 3.35. The van der Waals surface area contributed by atoms with Gasteiger partial charge >= 0.3 is 0 Å². The highest BCUT2D eigenvalue weighted by Gasteiger charge is 2.15. The Morgan fingerprint density at radius 1 is 1.23 bits per heavy atom. The van der Waals surface area contributed by atoms with Crippen molar-refractivity contribution in [1.82, 2.24) is 4.98 Å². The molecule has 1 aromatic heterocycles. The Bertz CT molecular complexity index is 371. The number of Topliss-reactive ketones (excluding diaryl/α,β-unsaturated/α-hetero) is 2. The molecule has 13 heavy (non-hydrogen) atoms. The Morgan fingerprint density at radius 2 is 1.85 bits per heavy atom. The van der Waals surface area contributed by atoms with E-state index in [0.717, 1.165) is 6.20 Å². The van der Waals surface area contributed by atoms with Gasteiger partial charge in [-0.1, -0.05) is 0 Å². The van der Waals surface area contributed by atoms with Crippen LogP contribution in [0.1, 0.15) is 34.6 Å². The van der Waals surface area contributed by atoms with Crippen molar-refractivity contribution in [1.29, 1.82) is 0 Å². The van der Waals surface area contributed by atoms with Gasteiger partial charge in [-0.05, 0) is 13.8 Å². The van der Waals surface area contributed by atoms with E-state index in [0.29, 0.717) is 0 Å². The van der Waals surface area contributed by atoms with Crippen LogP contribution in [0.2, 0.25) is 0 Å². The van der Waals surface area contributed by atoms with E-state index < -0.39 is 0 Å². The molecule has 1 aromatic rings. The predicted molar refractivity (Wildman–Crippen MR) is 45.9 cm³/mol. The van der Waals surface area contributed by atoms with Gasteiger partial charge in [-0.25, -0.2) is 0 Å². The Morgan fingerprint density at radius 3 is 2.23 bits per heavy atom. The maximum absolute atomic E-state index is 11.1. The standard InChI is InChI=1S/C9H9NO3/c1-5(11)7-3-10-4-8(13)9(7)6(2)12/h3-4,13H,1-2H3. The molecule has 1 N–H and O–H groups in total. The Labute approximate surface area is 75.2 Å². The molecule has 1 rings (SSSR count). The quantitative estimate of drug-likeness (QED) is 0.692. The molecule has 0 radical (unpaired) electrons. The topological polar surface area (TPSA) is 67.3 Å². The number of pyridine rings is 1. The second-order valence-corrected chi connectivity index (χ2v) is 2.69. The van der Waals surface area contributed by atoms with Crippen molar-refractivity contribution in [2.24, 2.45) is 0 Å². The van der Waals surface area contributed by atoms with Crippen molar-refractivity contribution in [2.45, 2.75) is 13.8 Å². The monoisotopic (exact) mass is 179 g/mol. The van der Waals surface area contributed by atoms with Crippen molar-refractivity contribution < 1.29 is 14.7 Å². The number of hydrogen-bond donors (Lipinski definition) is 1. The lowest BCUT2D eigenvalue weighted by molar-refractivity contribution is 0.0978. The number of nitrogens with zero attached hydrogens (tertiary/aromatic N) is 1. The van der Waals surface area contributed by atoms with Gasteiger partial charge in [0.05, 0.1) is 17.3 Å². The maximum atomic E-state index is 11.1. The van der Waals surface area contributed by atoms with Crippen LogP contribution in [-0.2, 0) is 0 Å². The normalized spacial score (nSPS) is 9.69. The van der Waals surface area contributed by atoms with Gasteiger partial charge in [-0.15, -0.1) is 0 Å². The van der Waals surface area contributed by atoms with Crippen molar-refractivity contribution in [3.63, 3.8) is 0 Å². The fraction of sp³-hybridized carbons (Fsp3) is 0.222. The number of ketones is 2. The summed E-state index contributed by atoms with van der Waals surface area (Å²) in [6.07, 6.45) is 2.42. The van der Waals surface area contributed by atoms with E-state index in [-0.39, 0.29) is 28.4 Å². The smallest absolute Gasteiger partial charge is 0.164 e. The Hall–Kier alpha value is -1.71. The average molecular weight is 179 g/mol. The van der Waals surface area contributed by atoms with Crippen LogP contribution >= 0.6 is 0 Å². The number of aromatic nitrogens is 1. The van der Waals surface area contributed by atoms with Gasteiger partial charge < -0.3 is 5.11 Å². The van der Waals surface area contributed by atoms with Gasteiger partial charge in [-0.3, -0.25) is 14.6 Å². The van der Waals surface area contributed by atoms with E-state index in [9.17, 15) is 14.7 Å². The summed E-state index contributed by atoms with van der Waals surface area (Å²) in [7, 11) is 0. The van der Waals surface area contributed by atoms with Crippen molar-refractivity contribution >= 4 is 11.6 Å². The van der Waals surface area contributed by atoms with Gasteiger partial charge in [0.2, 0.25) is 0 Å². The van der Waals surface area contributed by atoms with Crippen LogP contribution in [0.4, 0.5) is 0 Å². The minimum Gasteiger partial charge on any atom is -0.506 e. The number of rotatable bonds is 2. The summed E-state index contributed by atoms with van der Waals surface area (Å²) in [5.41, 5.74) is 0.204. The van der Waals surface area contributed by atoms with Crippen LogP contribution < -0.4 is 0 Å². The number of aromatic hydroxyl groups is 1. The molecule has 0 aliphatic rings. The van der Waals surface area contributed by atoms with Crippen molar-refractivity contribution in [3.05, 3.63) is 23.5 Å². The molecule has 0 amide bonds. The van der Waals surface area contributed by atoms with E-state index in [4.69, 9.17) is 0 Å². The fourth-order valence-corrected chi connectivity index (χ4v) is 1.09. The minimum absolute atomic E-state index is 0.0440. The maximum Gasteiger partial charge on any atom is 0.164 e. The summed E-state index contributed by atoms with van der Waals surface area (Å²) < 4.78 is 0. The van der Waals surface area contributed by atoms with Crippen LogP contribution in [0.15, 0.2) is 12.4 Å². The Kier molecular flexibility index (Phi) is 2.41. The molecule has 68 valence electrons. The third-order valence-electron chi connectivity index (χ3n) is 1.66. The van der Waals surface area contributed by atoms with Crippen molar-refractivity contribution in [2.75, 3.05) is 0 Å². The van der Waals surface area contributed by atoms with Gasteiger partial charge in [0, 0.05) is 6.20 Å². The van der Waals surface area contributed by atoms with Crippen LogP contribution in [0, 0.1) is 0 Å². The second-order valence-electron chi connectivity index (χ2n) is 2.69. The summed E-state index contributed by atoms with van der Waals surface area (Å²) in [6.45, 7) is 2.62. The van der Waals surface area contributed by atoms with E-state index in [2.05, 4.69) is 4.98 Å². The highest BCUT2D eigenvalue weighted by Crippen LogP contribution is 2.20. The van der Waals surface area contributed by atoms with E-state index in [1.807, 2.05) is 0 Å². The molecule has 4 nitrogen and oxygen atoms in total. The molecular weight excluding hydrogens is 170 g/mol. The minimum atomic E-state index is -0.342. The summed E-state index contributed by atoms with van der Waals surface area (Å²) in [4.78, 5) is 25.7. The molecule has 0 spiro atoms. The lowest BCUT2D eigenvalue weighted by atomic mass is 10.0. The SMILES string of the molecule is CC(=O)c1cncc(O)c1C(C)=O. The first-order valence-corrected chi connectivity index (χ1v) is 3.73. The molecule has 0 aliphatic heterocycles. The molecule has 0 unspecified atom stereocenters. The molecule has 0 atom stereocenters. The molecule has 0 aromatic carbocycles. The lowest BCUT2D eigenvalue weighted by Crippen LogP contribution is -2.04. The van der Waals surface area contributed by atoms with E-state index in [1.54, 1.807) is 0 Å². The summed E-state index contributed by atoms with van der Waals surface area (Å²) in [5.74, 6) is -0.876. The molecule has 4 heteroatoms. The largest absolute Gasteiger partial charge is 0.506 e. The van der Waals surface area contributed by atoms with Gasteiger partial charge in [-0.2, -0.15) is 0 Å². The molecule has 0 saturated heterocycles. The molecule has 1 heterocycles. The molecular formula is C9H9NO3. The first kappa shape index (κ1) is 9.38. The highest BCUT2D eigenvalue weighted by molar-refractivity contribution is 6.08. The van der Waals surface area contributed by atoms with Crippen LogP contribution in [0.25, 0.3) is 0 Å². The Balaban J connectivity index is 3.43. The van der Waals surface area contributed by atoms with Crippen LogP contribution in [0.3, 0.4) is 0 Å². The molecule has 0 bridgehead atoms. The molecule has 0 fully saturated rings. The number of carbonyl (C=O) groups is 2. The zero-order valence-electron chi connectivity index (χ0n) is 7.37. The first-order valence-electron chi connectivity index (χ1n) is 3.73. The summed E-state index contributed by atoms with van der Waals surface area (Å²) >= 11 is 0. The van der Waals surface area contributed by atoms with Gasteiger partial charge in [0.15, 0.2) is 11.6 Å². The predicted octanol–water partition coefficient (Wildman–Crippen LogP) is 1.19. The fourth-order valence-electron chi connectivity index (χ4n) is 1.09. The highest BCUT2D eigenvalue weighted by atomic mass is 16.3. The van der Waals surface area contributed by atoms with Crippen molar-refractivity contribution in [3.8, 4) is 5.75 Å². The van der Waals surface area contributed by atoms with E-state index in [1.165, 1.54) is 20.0 Å². The molecule has 0 aliphatic carbocycles. The summed E-state index contributed by atoms with van der Waals surface area (Å²) in [5, 5.41) is 9.28. The van der Waals surface area contributed by atoms with Gasteiger partial charge in [0.25, 0.3) is 0 Å². The van der Waals surface area contributed by atoms with Crippen LogP contribution in [-0.4, -0.2) is 21.7 Å². The zero-order valence-corrected chi connectivity index (χ0v) is 7.37. The van der Waals surface area contributed by atoms with Crippen LogP contribution in [0.5, 0.6) is 5.75 Å². The number of carbonyl (C=O) groups excluding carboxylic acids is 2. The third-order valence-corrected chi connectivity index (χ3v) is 1.66. The average Bonchev–Trinajstić information content (AvgIpc) is 2.02. The van der Waals surface area contributed by atoms with E-state index >= 15 is 0 Å². The molecule has 0 saturated carbocycles. The number of hydrogen-bond acceptors (Lipinski definition) is 4. The first-order chi connectivity index (χ1) is 6.04. The summed E-state index contributed by atoms with van der Waals surface area (Å²) in [6, 6.07) is 0. The zero-order chi connectivity index (χ0) is 10.0.